The summed E-state index contributed by atoms with van der Waals surface area (Å²) in [5.41, 5.74) is 1.99. The summed E-state index contributed by atoms with van der Waals surface area (Å²) in [5, 5.41) is 10.5. The van der Waals surface area contributed by atoms with Crippen LogP contribution in [0.5, 0.6) is 11.5 Å². The van der Waals surface area contributed by atoms with E-state index in [1.54, 1.807) is 36.4 Å². The van der Waals surface area contributed by atoms with Crippen molar-refractivity contribution < 1.29 is 13.9 Å². The third-order valence-corrected chi connectivity index (χ3v) is 4.66. The molecule has 0 bridgehead atoms. The van der Waals surface area contributed by atoms with Crippen molar-refractivity contribution in [2.45, 2.75) is 0 Å². The minimum Gasteiger partial charge on any atom is -0.457 e. The number of furan rings is 1. The molecule has 2 aromatic carbocycles. The zero-order valence-electron chi connectivity index (χ0n) is 13.3. The molecule has 0 atom stereocenters. The molecule has 4 nitrogen and oxygen atoms in total. The van der Waals surface area contributed by atoms with Crippen LogP contribution < -0.4 is 9.47 Å². The van der Waals surface area contributed by atoms with Gasteiger partial charge in [-0.2, -0.15) is 5.26 Å². The third kappa shape index (κ3) is 3.15. The van der Waals surface area contributed by atoms with Gasteiger partial charge in [-0.3, -0.25) is 0 Å². The first-order chi connectivity index (χ1) is 12.6. The normalized spacial score (nSPS) is 12.9. The summed E-state index contributed by atoms with van der Waals surface area (Å²) in [5.74, 6) is 2.49. The molecule has 0 aliphatic carbocycles. The van der Waals surface area contributed by atoms with Crippen LogP contribution in [-0.4, -0.2) is 6.79 Å². The minimum atomic E-state index is 0.190. The van der Waals surface area contributed by atoms with Crippen molar-refractivity contribution >= 4 is 34.9 Å². The summed E-state index contributed by atoms with van der Waals surface area (Å²) >= 11 is 12.0. The molecule has 4 rings (SSSR count). The lowest BCUT2D eigenvalue weighted by Crippen LogP contribution is -1.92. The molecule has 0 unspecified atom stereocenters. The molecule has 0 spiro atoms. The fourth-order valence-corrected chi connectivity index (χ4v) is 2.92. The summed E-state index contributed by atoms with van der Waals surface area (Å²) in [7, 11) is 0. The molecule has 3 aromatic rings. The van der Waals surface area contributed by atoms with Crippen LogP contribution in [0.1, 0.15) is 11.3 Å². The zero-order valence-corrected chi connectivity index (χ0v) is 14.8. The van der Waals surface area contributed by atoms with Gasteiger partial charge >= 0.3 is 0 Å². The molecule has 1 aromatic heterocycles. The number of fused-ring (bicyclic) bond motifs is 1. The maximum Gasteiger partial charge on any atom is 0.231 e. The van der Waals surface area contributed by atoms with Crippen molar-refractivity contribution in [3.05, 3.63) is 69.9 Å². The summed E-state index contributed by atoms with van der Waals surface area (Å²) in [6, 6.07) is 16.4. The summed E-state index contributed by atoms with van der Waals surface area (Å²) < 4.78 is 16.5. The van der Waals surface area contributed by atoms with E-state index in [9.17, 15) is 5.26 Å². The Labute approximate surface area is 159 Å². The van der Waals surface area contributed by atoms with Crippen LogP contribution in [0.3, 0.4) is 0 Å². The van der Waals surface area contributed by atoms with Crippen LogP contribution in [0.25, 0.3) is 23.0 Å². The summed E-state index contributed by atoms with van der Waals surface area (Å²) in [6.07, 6.45) is 1.68. The van der Waals surface area contributed by atoms with E-state index >= 15 is 0 Å². The van der Waals surface area contributed by atoms with Crippen molar-refractivity contribution in [1.29, 1.82) is 5.26 Å². The van der Waals surface area contributed by atoms with Crippen LogP contribution in [0.15, 0.2) is 52.9 Å². The molecule has 2 heterocycles. The molecule has 26 heavy (non-hydrogen) atoms. The van der Waals surface area contributed by atoms with Crippen molar-refractivity contribution in [3.63, 3.8) is 0 Å². The maximum absolute atomic E-state index is 9.52. The van der Waals surface area contributed by atoms with Gasteiger partial charge in [-0.15, -0.1) is 0 Å². The van der Waals surface area contributed by atoms with Crippen LogP contribution in [0.4, 0.5) is 0 Å². The largest absolute Gasteiger partial charge is 0.457 e. The Kier molecular flexibility index (Phi) is 4.34. The van der Waals surface area contributed by atoms with Crippen molar-refractivity contribution in [2.75, 3.05) is 6.79 Å². The first kappa shape index (κ1) is 16.6. The Morgan fingerprint density at radius 1 is 0.962 bits per heavy atom. The van der Waals surface area contributed by atoms with Gasteiger partial charge in [-0.1, -0.05) is 23.2 Å². The van der Waals surface area contributed by atoms with E-state index in [-0.39, 0.29) is 6.79 Å². The number of ether oxygens (including phenoxy) is 2. The molecule has 0 fully saturated rings. The molecule has 1 aliphatic heterocycles. The number of hydrogen-bond donors (Lipinski definition) is 0. The highest BCUT2D eigenvalue weighted by Gasteiger charge is 2.15. The van der Waals surface area contributed by atoms with Gasteiger partial charge in [0.15, 0.2) is 11.5 Å². The van der Waals surface area contributed by atoms with Crippen LogP contribution in [0.2, 0.25) is 10.0 Å². The Morgan fingerprint density at radius 2 is 1.81 bits per heavy atom. The molecular weight excluding hydrogens is 373 g/mol. The molecule has 0 saturated heterocycles. The minimum absolute atomic E-state index is 0.190. The van der Waals surface area contributed by atoms with Gasteiger partial charge in [-0.05, 0) is 60.2 Å². The van der Waals surface area contributed by atoms with Gasteiger partial charge in [-0.25, -0.2) is 0 Å². The molecular formula is C20H11Cl2NO3. The van der Waals surface area contributed by atoms with Crippen LogP contribution in [-0.2, 0) is 0 Å². The quantitative estimate of drug-likeness (QED) is 0.516. The van der Waals surface area contributed by atoms with Crippen molar-refractivity contribution in [2.24, 2.45) is 0 Å². The molecule has 0 N–H and O–H groups in total. The van der Waals surface area contributed by atoms with Crippen molar-refractivity contribution in [1.82, 2.24) is 0 Å². The number of hydrogen-bond acceptors (Lipinski definition) is 4. The second-order valence-corrected chi connectivity index (χ2v) is 6.38. The van der Waals surface area contributed by atoms with E-state index in [4.69, 9.17) is 37.1 Å². The third-order valence-electron chi connectivity index (χ3n) is 3.92. The Bertz CT molecular complexity index is 1060. The van der Waals surface area contributed by atoms with Gasteiger partial charge < -0.3 is 13.9 Å². The van der Waals surface area contributed by atoms with E-state index in [1.165, 1.54) is 0 Å². The summed E-state index contributed by atoms with van der Waals surface area (Å²) in [6.45, 7) is 0.190. The van der Waals surface area contributed by atoms with E-state index < -0.39 is 0 Å². The molecule has 0 amide bonds. The number of nitrogens with zero attached hydrogens (tertiary/aromatic N) is 1. The lowest BCUT2D eigenvalue weighted by molar-refractivity contribution is 0.174. The van der Waals surface area contributed by atoms with E-state index in [0.717, 1.165) is 11.1 Å². The number of allylic oxidation sites excluding steroid dienone is 1. The molecule has 128 valence electrons. The van der Waals surface area contributed by atoms with Crippen LogP contribution in [0, 0.1) is 11.3 Å². The number of nitriles is 1. The van der Waals surface area contributed by atoms with E-state index in [2.05, 4.69) is 6.07 Å². The lowest BCUT2D eigenvalue weighted by atomic mass is 10.1. The average molecular weight is 384 g/mol. The second-order valence-electron chi connectivity index (χ2n) is 5.57. The number of benzene rings is 2. The van der Waals surface area contributed by atoms with Gasteiger partial charge in [0.05, 0.1) is 21.7 Å². The first-order valence-corrected chi connectivity index (χ1v) is 8.47. The number of rotatable bonds is 3. The molecule has 0 saturated carbocycles. The molecule has 0 radical (unpaired) electrons. The summed E-state index contributed by atoms with van der Waals surface area (Å²) in [4.78, 5) is 0. The zero-order chi connectivity index (χ0) is 18.1. The molecule has 1 aliphatic rings. The van der Waals surface area contributed by atoms with Crippen LogP contribution >= 0.6 is 23.2 Å². The van der Waals surface area contributed by atoms with E-state index in [0.29, 0.717) is 38.6 Å². The monoisotopic (exact) mass is 383 g/mol. The fraction of sp³-hybridized carbons (Fsp3) is 0.0500. The Morgan fingerprint density at radius 3 is 2.62 bits per heavy atom. The van der Waals surface area contributed by atoms with Gasteiger partial charge in [0.2, 0.25) is 6.79 Å². The van der Waals surface area contributed by atoms with Gasteiger partial charge in [0, 0.05) is 5.56 Å². The predicted molar refractivity (Wildman–Crippen MR) is 100 cm³/mol. The second kappa shape index (κ2) is 6.80. The first-order valence-electron chi connectivity index (χ1n) is 7.71. The number of halogens is 2. The smallest absolute Gasteiger partial charge is 0.231 e. The maximum atomic E-state index is 9.52. The molecule has 6 heteroatoms. The highest BCUT2D eigenvalue weighted by molar-refractivity contribution is 6.42. The lowest BCUT2D eigenvalue weighted by Gasteiger charge is -2.01. The van der Waals surface area contributed by atoms with E-state index in [1.807, 2.05) is 18.2 Å². The predicted octanol–water partition coefficient (Wildman–Crippen LogP) is 6.05. The highest BCUT2D eigenvalue weighted by atomic mass is 35.5. The van der Waals surface area contributed by atoms with Crippen molar-refractivity contribution in [3.8, 4) is 28.9 Å². The SMILES string of the molecule is N#C/C(=C/c1ccc(-c2ccc(Cl)c(Cl)c2)o1)c1ccc2c(c1)OCO2. The standard InChI is InChI=1S/C20H11Cl2NO3/c21-16-4-1-13(8-17(16)22)18-6-3-15(26-18)7-14(10-23)12-2-5-19-20(9-12)25-11-24-19/h1-9H,11H2/b14-7-. The van der Waals surface area contributed by atoms with Gasteiger partial charge in [0.1, 0.15) is 11.5 Å². The average Bonchev–Trinajstić information content (AvgIpc) is 3.30. The Hall–Kier alpha value is -2.87. The highest BCUT2D eigenvalue weighted by Crippen LogP contribution is 2.35. The van der Waals surface area contributed by atoms with Gasteiger partial charge in [0.25, 0.3) is 0 Å². The Balaban J connectivity index is 1.66. The topological polar surface area (TPSA) is 55.4 Å². The fourth-order valence-electron chi connectivity index (χ4n) is 2.62.